The Balaban J connectivity index is 1.48. The van der Waals surface area contributed by atoms with Crippen molar-refractivity contribution in [3.8, 4) is 0 Å². The summed E-state index contributed by atoms with van der Waals surface area (Å²) in [6.45, 7) is 8.99. The fourth-order valence-corrected chi connectivity index (χ4v) is 10.7. The van der Waals surface area contributed by atoms with Gasteiger partial charge in [-0.25, -0.2) is 0 Å². The van der Waals surface area contributed by atoms with E-state index in [0.29, 0.717) is 0 Å². The van der Waals surface area contributed by atoms with Crippen LogP contribution in [0.1, 0.15) is 40.5 Å². The Morgan fingerprint density at radius 1 is 1.30 bits per heavy atom. The van der Waals surface area contributed by atoms with E-state index in [-0.39, 0.29) is 37.3 Å². The number of rotatable bonds is 5. The van der Waals surface area contributed by atoms with E-state index in [1.165, 1.54) is 0 Å². The first-order chi connectivity index (χ1) is 9.19. The number of halogens is 2. The molecule has 7 heteroatoms. The molecule has 20 heavy (non-hydrogen) atoms. The van der Waals surface area contributed by atoms with Gasteiger partial charge in [0.2, 0.25) is 0 Å². The molecule has 0 radical (unpaired) electrons. The summed E-state index contributed by atoms with van der Waals surface area (Å²) in [4.78, 5) is 12.0. The van der Waals surface area contributed by atoms with E-state index in [1.807, 2.05) is 0 Å². The number of carbonyl (C=O) groups excluding carboxylic acids is 1. The summed E-state index contributed by atoms with van der Waals surface area (Å²) >= 11 is 1.09. The molecule has 2 heterocycles. The van der Waals surface area contributed by atoms with Gasteiger partial charge in [0.05, 0.1) is 0 Å². The molecule has 0 aromatic rings. The molecule has 1 aliphatic carbocycles. The number of carbonyl (C=O) groups is 1. The SMILES string of the molecule is CC1(C)CCC(C)(C)C1OCOC(=O)C(I)C12NI1N2. The monoisotopic (exact) mass is 508 g/mol. The molecule has 0 aromatic heterocycles. The Labute approximate surface area is 141 Å². The third kappa shape index (κ3) is 2.61. The molecule has 0 spiro atoms. The van der Waals surface area contributed by atoms with Gasteiger partial charge in [0, 0.05) is 0 Å². The van der Waals surface area contributed by atoms with Gasteiger partial charge in [-0.1, -0.05) is 0 Å². The molecule has 0 bridgehead atoms. The van der Waals surface area contributed by atoms with E-state index in [2.05, 4.69) is 57.3 Å². The Morgan fingerprint density at radius 3 is 2.25 bits per heavy atom. The van der Waals surface area contributed by atoms with Gasteiger partial charge in [-0.2, -0.15) is 0 Å². The summed E-state index contributed by atoms with van der Waals surface area (Å²) in [6, 6.07) is 0. The van der Waals surface area contributed by atoms with Crippen molar-refractivity contribution < 1.29 is 14.3 Å². The zero-order valence-corrected chi connectivity index (χ0v) is 16.6. The molecular formula is C13H22I2N2O3. The van der Waals surface area contributed by atoms with E-state index in [1.54, 1.807) is 0 Å². The number of alkyl halides is 2. The number of hydrogen-bond donors (Lipinski definition) is 2. The Morgan fingerprint density at radius 2 is 1.80 bits per heavy atom. The predicted molar refractivity (Wildman–Crippen MR) is 93.5 cm³/mol. The van der Waals surface area contributed by atoms with Crippen molar-refractivity contribution in [3.63, 3.8) is 0 Å². The van der Waals surface area contributed by atoms with Crippen LogP contribution in [0.5, 0.6) is 0 Å². The maximum absolute atomic E-state index is 12.0. The first kappa shape index (κ1) is 15.7. The van der Waals surface area contributed by atoms with Crippen LogP contribution >= 0.6 is 43.0 Å². The van der Waals surface area contributed by atoms with E-state index in [4.69, 9.17) is 9.47 Å². The minimum absolute atomic E-state index is 0.0204. The molecule has 0 amide bonds. The summed E-state index contributed by atoms with van der Waals surface area (Å²) in [5.41, 5.74) is 0.292. The summed E-state index contributed by atoms with van der Waals surface area (Å²) in [5, 5.41) is 0. The second-order valence-electron chi connectivity index (χ2n) is 7.15. The molecule has 5 nitrogen and oxygen atoms in total. The van der Waals surface area contributed by atoms with Crippen molar-refractivity contribution in [2.45, 2.75) is 54.2 Å². The van der Waals surface area contributed by atoms with Crippen molar-refractivity contribution >= 4 is 48.9 Å². The first-order valence-corrected chi connectivity index (χ1v) is 11.4. The Kier molecular flexibility index (Phi) is 3.85. The van der Waals surface area contributed by atoms with Gasteiger partial charge < -0.3 is 0 Å². The van der Waals surface area contributed by atoms with Gasteiger partial charge in [0.25, 0.3) is 0 Å². The number of fused-ring (bicyclic) bond motifs is 1. The van der Waals surface area contributed by atoms with Gasteiger partial charge in [0.15, 0.2) is 0 Å². The van der Waals surface area contributed by atoms with Gasteiger partial charge in [-0.05, 0) is 0 Å². The van der Waals surface area contributed by atoms with Crippen LogP contribution in [0, 0.1) is 10.8 Å². The number of ether oxygens (including phenoxy) is 2. The zero-order chi connectivity index (χ0) is 14.8. The molecule has 1 unspecified atom stereocenters. The van der Waals surface area contributed by atoms with Crippen molar-refractivity contribution in [2.75, 3.05) is 6.79 Å². The van der Waals surface area contributed by atoms with E-state index < -0.39 is 20.4 Å². The standard InChI is InChI=1S/C13H22I2N2O3/c1-11(2)5-6-12(3,4)10(11)20-7-19-9(18)8(14)13-15(16-13)17-13/h8,10,16-17H,5-7H2,1-4H3. The predicted octanol–water partition coefficient (Wildman–Crippen LogP) is 2.72. The molecule has 0 aromatic carbocycles. The summed E-state index contributed by atoms with van der Waals surface area (Å²) in [6.07, 6.45) is 2.44. The number of nitrogens with one attached hydrogen (secondary N) is 2. The molecule has 3 rings (SSSR count). The van der Waals surface area contributed by atoms with Crippen LogP contribution in [0.3, 0.4) is 0 Å². The quantitative estimate of drug-likeness (QED) is 0.114. The summed E-state index contributed by atoms with van der Waals surface area (Å²) in [5.74, 6) is -0.170. The fourth-order valence-electron chi connectivity index (χ4n) is 3.24. The molecule has 2 saturated heterocycles. The second-order valence-corrected chi connectivity index (χ2v) is 12.8. The van der Waals surface area contributed by atoms with Gasteiger partial charge in [-0.15, -0.1) is 0 Å². The summed E-state index contributed by atoms with van der Waals surface area (Å²) < 4.78 is 17.8. The van der Waals surface area contributed by atoms with E-state index in [9.17, 15) is 4.79 Å². The third-order valence-corrected chi connectivity index (χ3v) is 11.7. The Bertz CT molecular complexity index is 419. The topological polar surface area (TPSA) is 79.4 Å². The molecule has 3 fully saturated rings. The molecule has 1 saturated carbocycles. The first-order valence-electron chi connectivity index (χ1n) is 6.87. The van der Waals surface area contributed by atoms with Crippen LogP contribution in [0.15, 0.2) is 0 Å². The third-order valence-electron chi connectivity index (χ3n) is 4.52. The normalized spacial score (nSPS) is 31.6. The van der Waals surface area contributed by atoms with Gasteiger partial charge >= 0.3 is 142 Å². The minimum atomic E-state index is -1.08. The fraction of sp³-hybridized carbons (Fsp3) is 0.923. The van der Waals surface area contributed by atoms with E-state index in [0.717, 1.165) is 12.8 Å². The van der Waals surface area contributed by atoms with Crippen LogP contribution in [0.4, 0.5) is 0 Å². The maximum atomic E-state index is 12.0. The number of hydrogen-bond acceptors (Lipinski definition) is 5. The van der Waals surface area contributed by atoms with Crippen LogP contribution in [-0.4, -0.2) is 26.5 Å². The van der Waals surface area contributed by atoms with Crippen molar-refractivity contribution in [1.29, 1.82) is 0 Å². The van der Waals surface area contributed by atoms with Crippen molar-refractivity contribution in [2.24, 2.45) is 10.8 Å². The zero-order valence-electron chi connectivity index (χ0n) is 12.3. The molecule has 116 valence electrons. The molecule has 3 aliphatic rings. The van der Waals surface area contributed by atoms with Crippen LogP contribution in [0.2, 0.25) is 0 Å². The molecule has 2 N–H and O–H groups in total. The van der Waals surface area contributed by atoms with E-state index >= 15 is 0 Å². The van der Waals surface area contributed by atoms with Crippen molar-refractivity contribution in [3.05, 3.63) is 0 Å². The molecule has 2 aliphatic heterocycles. The average molecular weight is 508 g/mol. The average Bonchev–Trinajstić information content (AvgIpc) is 3.17. The van der Waals surface area contributed by atoms with Crippen LogP contribution < -0.4 is 7.06 Å². The Hall–Kier alpha value is 0.810. The number of esters is 1. The van der Waals surface area contributed by atoms with Gasteiger partial charge in [0.1, 0.15) is 0 Å². The van der Waals surface area contributed by atoms with Crippen LogP contribution in [-0.2, 0) is 14.3 Å². The molecular weight excluding hydrogens is 486 g/mol. The van der Waals surface area contributed by atoms with Gasteiger partial charge in [-0.3, -0.25) is 0 Å². The van der Waals surface area contributed by atoms with Crippen LogP contribution in [0.25, 0.3) is 0 Å². The molecule has 1 atom stereocenters. The summed E-state index contributed by atoms with van der Waals surface area (Å²) in [7, 11) is 0. The second kappa shape index (κ2) is 4.90. The van der Waals surface area contributed by atoms with Crippen molar-refractivity contribution in [1.82, 2.24) is 7.06 Å².